The van der Waals surface area contributed by atoms with Crippen LogP contribution in [0.3, 0.4) is 0 Å². The molecule has 3 nitrogen and oxygen atoms in total. The van der Waals surface area contributed by atoms with Crippen molar-refractivity contribution in [3.05, 3.63) is 24.3 Å². The molecular weight excluding hydrogens is 220 g/mol. The Morgan fingerprint density at radius 3 is 2.62 bits per heavy atom. The highest BCUT2D eigenvalue weighted by atomic mass is 32.2. The molecule has 0 bridgehead atoms. The van der Waals surface area contributed by atoms with Crippen LogP contribution < -0.4 is 10.6 Å². The highest BCUT2D eigenvalue weighted by Gasteiger charge is 2.19. The standard InChI is InChI=1S/C12H16N2OS/c1-9(15)14-11-4-6-12(7-5-11)16-8-13-10-2-3-10/h4-7,10,13H,2-3,8H2,1H3,(H,14,15). The maximum Gasteiger partial charge on any atom is 0.221 e. The molecule has 1 amide bonds. The lowest BCUT2D eigenvalue weighted by molar-refractivity contribution is -0.114. The number of hydrogen-bond acceptors (Lipinski definition) is 3. The van der Waals surface area contributed by atoms with Crippen LogP contribution in [-0.4, -0.2) is 17.8 Å². The number of carbonyl (C=O) groups excluding carboxylic acids is 1. The molecule has 0 aromatic heterocycles. The Bertz CT molecular complexity index is 360. The lowest BCUT2D eigenvalue weighted by Crippen LogP contribution is -2.14. The predicted octanol–water partition coefficient (Wildman–Crippen LogP) is 2.45. The topological polar surface area (TPSA) is 41.1 Å². The summed E-state index contributed by atoms with van der Waals surface area (Å²) in [6, 6.07) is 8.68. The normalized spacial score (nSPS) is 14.8. The third-order valence-corrected chi connectivity index (χ3v) is 3.28. The monoisotopic (exact) mass is 236 g/mol. The van der Waals surface area contributed by atoms with E-state index in [9.17, 15) is 4.79 Å². The Balaban J connectivity index is 1.78. The van der Waals surface area contributed by atoms with Crippen LogP contribution in [0.25, 0.3) is 0 Å². The van der Waals surface area contributed by atoms with Crippen molar-refractivity contribution in [2.45, 2.75) is 30.7 Å². The molecule has 0 spiro atoms. The van der Waals surface area contributed by atoms with E-state index in [0.717, 1.165) is 17.6 Å². The van der Waals surface area contributed by atoms with Crippen LogP contribution in [-0.2, 0) is 4.79 Å². The molecule has 1 fully saturated rings. The molecule has 1 aromatic carbocycles. The van der Waals surface area contributed by atoms with Gasteiger partial charge in [0.05, 0.1) is 0 Å². The summed E-state index contributed by atoms with van der Waals surface area (Å²) >= 11 is 1.79. The Labute approximate surface area is 100.0 Å². The van der Waals surface area contributed by atoms with Gasteiger partial charge in [-0.25, -0.2) is 0 Å². The van der Waals surface area contributed by atoms with Gasteiger partial charge in [0.1, 0.15) is 0 Å². The van der Waals surface area contributed by atoms with Crippen LogP contribution >= 0.6 is 11.8 Å². The summed E-state index contributed by atoms with van der Waals surface area (Å²) in [5.41, 5.74) is 0.854. The second kappa shape index (κ2) is 5.37. The van der Waals surface area contributed by atoms with Gasteiger partial charge >= 0.3 is 0 Å². The summed E-state index contributed by atoms with van der Waals surface area (Å²) in [5.74, 6) is 0.931. The van der Waals surface area contributed by atoms with E-state index in [0.29, 0.717) is 0 Å². The van der Waals surface area contributed by atoms with Gasteiger partial charge in [-0.1, -0.05) is 0 Å². The van der Waals surface area contributed by atoms with E-state index in [1.807, 2.05) is 24.3 Å². The number of thioether (sulfide) groups is 1. The number of nitrogens with one attached hydrogen (secondary N) is 2. The van der Waals surface area contributed by atoms with Crippen LogP contribution in [0.1, 0.15) is 19.8 Å². The number of rotatable bonds is 5. The SMILES string of the molecule is CC(=O)Nc1ccc(SCNC2CC2)cc1. The van der Waals surface area contributed by atoms with Crippen molar-refractivity contribution in [1.82, 2.24) is 5.32 Å². The lowest BCUT2D eigenvalue weighted by Gasteiger charge is -2.05. The van der Waals surface area contributed by atoms with E-state index in [2.05, 4.69) is 10.6 Å². The molecule has 1 aliphatic carbocycles. The van der Waals surface area contributed by atoms with E-state index in [1.165, 1.54) is 24.7 Å². The third-order valence-electron chi connectivity index (χ3n) is 2.36. The Morgan fingerprint density at radius 1 is 1.38 bits per heavy atom. The summed E-state index contributed by atoms with van der Waals surface area (Å²) < 4.78 is 0. The third kappa shape index (κ3) is 3.87. The van der Waals surface area contributed by atoms with Crippen LogP contribution in [0.15, 0.2) is 29.2 Å². The molecule has 0 radical (unpaired) electrons. The van der Waals surface area contributed by atoms with E-state index >= 15 is 0 Å². The molecule has 4 heteroatoms. The number of hydrogen-bond donors (Lipinski definition) is 2. The van der Waals surface area contributed by atoms with Crippen molar-refractivity contribution >= 4 is 23.4 Å². The maximum absolute atomic E-state index is 10.8. The van der Waals surface area contributed by atoms with Crippen LogP contribution in [0.5, 0.6) is 0 Å². The van der Waals surface area contributed by atoms with Gasteiger partial charge in [-0.2, -0.15) is 0 Å². The van der Waals surface area contributed by atoms with Crippen LogP contribution in [0.2, 0.25) is 0 Å². The van der Waals surface area contributed by atoms with Crippen LogP contribution in [0.4, 0.5) is 5.69 Å². The molecule has 0 atom stereocenters. The molecular formula is C12H16N2OS. The van der Waals surface area contributed by atoms with Gasteiger partial charge in [0.2, 0.25) is 5.91 Å². The molecule has 86 valence electrons. The van der Waals surface area contributed by atoms with Gasteiger partial charge in [-0.3, -0.25) is 4.79 Å². The average Bonchev–Trinajstić information content (AvgIpc) is 3.04. The second-order valence-electron chi connectivity index (χ2n) is 3.97. The molecule has 0 saturated heterocycles. The minimum Gasteiger partial charge on any atom is -0.326 e. The Morgan fingerprint density at radius 2 is 2.06 bits per heavy atom. The van der Waals surface area contributed by atoms with Crippen molar-refractivity contribution in [1.29, 1.82) is 0 Å². The predicted molar refractivity (Wildman–Crippen MR) is 67.6 cm³/mol. The summed E-state index contributed by atoms with van der Waals surface area (Å²) in [4.78, 5) is 12.1. The van der Waals surface area contributed by atoms with Gasteiger partial charge < -0.3 is 10.6 Å². The molecule has 0 heterocycles. The zero-order chi connectivity index (χ0) is 11.4. The number of benzene rings is 1. The maximum atomic E-state index is 10.8. The lowest BCUT2D eigenvalue weighted by atomic mass is 10.3. The smallest absolute Gasteiger partial charge is 0.221 e. The van der Waals surface area contributed by atoms with E-state index in [4.69, 9.17) is 0 Å². The van der Waals surface area contributed by atoms with E-state index < -0.39 is 0 Å². The van der Waals surface area contributed by atoms with E-state index in [1.54, 1.807) is 11.8 Å². The average molecular weight is 236 g/mol. The molecule has 1 aromatic rings. The minimum atomic E-state index is -0.0317. The summed E-state index contributed by atoms with van der Waals surface area (Å²) in [6.07, 6.45) is 2.64. The zero-order valence-corrected chi connectivity index (χ0v) is 10.1. The first-order valence-corrected chi connectivity index (χ1v) is 6.46. The minimum absolute atomic E-state index is 0.0317. The van der Waals surface area contributed by atoms with Gasteiger partial charge in [0.25, 0.3) is 0 Å². The zero-order valence-electron chi connectivity index (χ0n) is 9.32. The highest BCUT2D eigenvalue weighted by Crippen LogP contribution is 2.23. The van der Waals surface area contributed by atoms with Crippen molar-refractivity contribution in [2.24, 2.45) is 0 Å². The summed E-state index contributed by atoms with van der Waals surface area (Å²) in [7, 11) is 0. The molecule has 1 saturated carbocycles. The first-order chi connectivity index (χ1) is 7.74. The van der Waals surface area contributed by atoms with Crippen molar-refractivity contribution in [2.75, 3.05) is 11.2 Å². The van der Waals surface area contributed by atoms with Gasteiger partial charge in [-0.15, -0.1) is 11.8 Å². The Kier molecular flexibility index (Phi) is 3.85. The number of anilines is 1. The van der Waals surface area contributed by atoms with Gasteiger partial charge in [0, 0.05) is 29.4 Å². The van der Waals surface area contributed by atoms with Crippen molar-refractivity contribution in [3.8, 4) is 0 Å². The number of carbonyl (C=O) groups is 1. The van der Waals surface area contributed by atoms with Gasteiger partial charge in [-0.05, 0) is 37.1 Å². The second-order valence-corrected chi connectivity index (χ2v) is 5.02. The molecule has 1 aliphatic rings. The van der Waals surface area contributed by atoms with Crippen molar-refractivity contribution in [3.63, 3.8) is 0 Å². The Hall–Kier alpha value is -1.00. The summed E-state index contributed by atoms with van der Waals surface area (Å²) in [6.45, 7) is 1.52. The molecule has 2 N–H and O–H groups in total. The summed E-state index contributed by atoms with van der Waals surface area (Å²) in [5, 5.41) is 6.20. The highest BCUT2D eigenvalue weighted by molar-refractivity contribution is 7.99. The number of amides is 1. The molecule has 0 unspecified atom stereocenters. The molecule has 2 rings (SSSR count). The largest absolute Gasteiger partial charge is 0.326 e. The molecule has 16 heavy (non-hydrogen) atoms. The van der Waals surface area contributed by atoms with Crippen molar-refractivity contribution < 1.29 is 4.79 Å². The first-order valence-electron chi connectivity index (χ1n) is 5.48. The first kappa shape index (κ1) is 11.5. The fourth-order valence-corrected chi connectivity index (χ4v) is 2.18. The quantitative estimate of drug-likeness (QED) is 0.609. The molecule has 0 aliphatic heterocycles. The fourth-order valence-electron chi connectivity index (χ4n) is 1.37. The fraction of sp³-hybridized carbons (Fsp3) is 0.417. The van der Waals surface area contributed by atoms with E-state index in [-0.39, 0.29) is 5.91 Å². The van der Waals surface area contributed by atoms with Crippen LogP contribution in [0, 0.1) is 0 Å². The van der Waals surface area contributed by atoms with Gasteiger partial charge in [0.15, 0.2) is 0 Å².